The Morgan fingerprint density at radius 3 is 2.63 bits per heavy atom. The van der Waals surface area contributed by atoms with Gasteiger partial charge in [0.05, 0.1) is 4.88 Å². The van der Waals surface area contributed by atoms with Crippen molar-refractivity contribution in [1.29, 1.82) is 0 Å². The second-order valence-electron chi connectivity index (χ2n) is 4.89. The van der Waals surface area contributed by atoms with E-state index in [-0.39, 0.29) is 6.54 Å². The summed E-state index contributed by atoms with van der Waals surface area (Å²) in [5, 5.41) is 4.09. The molecule has 0 unspecified atom stereocenters. The first-order valence-corrected chi connectivity index (χ1v) is 8.13. The molecule has 0 aromatic carbocycles. The van der Waals surface area contributed by atoms with Crippen LogP contribution in [0, 0.1) is 0 Å². The smallest absolute Gasteiger partial charge is 0.309 e. The molecule has 0 bridgehead atoms. The van der Waals surface area contributed by atoms with Crippen molar-refractivity contribution in [2.75, 3.05) is 0 Å². The van der Waals surface area contributed by atoms with Crippen molar-refractivity contribution in [3.05, 3.63) is 15.6 Å². The van der Waals surface area contributed by atoms with Crippen molar-refractivity contribution in [2.24, 2.45) is 0 Å². The minimum absolute atomic E-state index is 0.281. The topological polar surface area (TPSA) is 24.9 Å². The average Bonchev–Trinajstić information content (AvgIpc) is 3.02. The van der Waals surface area contributed by atoms with Crippen LogP contribution in [0.15, 0.2) is 0 Å². The van der Waals surface area contributed by atoms with E-state index in [0.29, 0.717) is 26.9 Å². The molecule has 1 saturated carbocycles. The van der Waals surface area contributed by atoms with Gasteiger partial charge < -0.3 is 5.32 Å². The molecule has 19 heavy (non-hydrogen) atoms. The maximum atomic E-state index is 12.9. The molecule has 1 aliphatic rings. The molecular formula is C12H17F3N2S2. The third-order valence-electron chi connectivity index (χ3n) is 2.68. The molecule has 0 saturated heterocycles. The molecule has 108 valence electrons. The zero-order valence-electron chi connectivity index (χ0n) is 10.9. The number of hydrogen-bond acceptors (Lipinski definition) is 4. The molecule has 7 heteroatoms. The molecule has 1 aliphatic carbocycles. The number of nitrogens with zero attached hydrogens (tertiary/aromatic N) is 1. The first-order valence-electron chi connectivity index (χ1n) is 6.27. The van der Waals surface area contributed by atoms with Gasteiger partial charge in [0.15, 0.2) is 5.69 Å². The molecule has 1 N–H and O–H groups in total. The Balaban J connectivity index is 2.08. The highest BCUT2D eigenvalue weighted by atomic mass is 32.2. The standard InChI is InChI=1S/C12H17F3N2S2/c1-7(2)18-6-10-17-11(12(13,14)15)9(19-10)5-16-8-3-4-8/h7-8,16H,3-6H2,1-2H3. The largest absolute Gasteiger partial charge is 0.434 e. The lowest BCUT2D eigenvalue weighted by Crippen LogP contribution is -2.18. The van der Waals surface area contributed by atoms with Crippen LogP contribution in [0.25, 0.3) is 0 Å². The molecular weight excluding hydrogens is 293 g/mol. The molecule has 1 aromatic rings. The fraction of sp³-hybridized carbons (Fsp3) is 0.750. The van der Waals surface area contributed by atoms with E-state index in [1.54, 1.807) is 11.8 Å². The van der Waals surface area contributed by atoms with Crippen LogP contribution in [0.3, 0.4) is 0 Å². The van der Waals surface area contributed by atoms with E-state index in [4.69, 9.17) is 0 Å². The maximum absolute atomic E-state index is 12.9. The van der Waals surface area contributed by atoms with Gasteiger partial charge in [-0.05, 0) is 18.1 Å². The number of halogens is 3. The van der Waals surface area contributed by atoms with Crippen molar-refractivity contribution in [1.82, 2.24) is 10.3 Å². The summed E-state index contributed by atoms with van der Waals surface area (Å²) in [5.74, 6) is 0.550. The van der Waals surface area contributed by atoms with Crippen molar-refractivity contribution in [3.8, 4) is 0 Å². The Morgan fingerprint density at radius 1 is 1.42 bits per heavy atom. The predicted octanol–water partition coefficient (Wildman–Crippen LogP) is 4.06. The monoisotopic (exact) mass is 310 g/mol. The molecule has 1 fully saturated rings. The molecule has 0 spiro atoms. The summed E-state index contributed by atoms with van der Waals surface area (Å²) in [6, 6.07) is 0.400. The number of rotatable bonds is 6. The molecule has 0 amide bonds. The van der Waals surface area contributed by atoms with Crippen LogP contribution >= 0.6 is 23.1 Å². The lowest BCUT2D eigenvalue weighted by atomic mass is 10.3. The number of nitrogens with one attached hydrogen (secondary N) is 1. The maximum Gasteiger partial charge on any atom is 0.434 e. The Hall–Kier alpha value is -0.270. The van der Waals surface area contributed by atoms with Gasteiger partial charge in [-0.2, -0.15) is 24.9 Å². The number of hydrogen-bond donors (Lipinski definition) is 1. The highest BCUT2D eigenvalue weighted by Crippen LogP contribution is 2.36. The Kier molecular flexibility index (Phi) is 4.79. The normalized spacial score (nSPS) is 16.3. The van der Waals surface area contributed by atoms with Gasteiger partial charge in [0.2, 0.25) is 0 Å². The van der Waals surface area contributed by atoms with E-state index < -0.39 is 11.9 Å². The number of thiazole rings is 1. The molecule has 0 aliphatic heterocycles. The van der Waals surface area contributed by atoms with Crippen molar-refractivity contribution < 1.29 is 13.2 Å². The third kappa shape index (κ3) is 4.65. The Bertz CT molecular complexity index is 425. The van der Waals surface area contributed by atoms with Gasteiger partial charge >= 0.3 is 6.18 Å². The minimum atomic E-state index is -4.35. The van der Waals surface area contributed by atoms with Gasteiger partial charge in [0, 0.05) is 18.3 Å². The molecule has 0 radical (unpaired) electrons. The van der Waals surface area contributed by atoms with Crippen molar-refractivity contribution in [2.45, 2.75) is 56.5 Å². The first-order chi connectivity index (χ1) is 8.86. The van der Waals surface area contributed by atoms with Gasteiger partial charge in [-0.3, -0.25) is 0 Å². The molecule has 0 atom stereocenters. The molecule has 1 aromatic heterocycles. The summed E-state index contributed by atoms with van der Waals surface area (Å²) in [5.41, 5.74) is -0.704. The van der Waals surface area contributed by atoms with Crippen molar-refractivity contribution >= 4 is 23.1 Å². The van der Waals surface area contributed by atoms with E-state index in [1.165, 1.54) is 11.3 Å². The second kappa shape index (κ2) is 6.01. The molecule has 1 heterocycles. The zero-order chi connectivity index (χ0) is 14.0. The summed E-state index contributed by atoms with van der Waals surface area (Å²) >= 11 is 2.80. The zero-order valence-corrected chi connectivity index (χ0v) is 12.5. The van der Waals surface area contributed by atoms with Crippen LogP contribution in [0.2, 0.25) is 0 Å². The highest BCUT2D eigenvalue weighted by Gasteiger charge is 2.37. The van der Waals surface area contributed by atoms with Crippen LogP contribution in [0.4, 0.5) is 13.2 Å². The minimum Gasteiger partial charge on any atom is -0.309 e. The summed E-state index contributed by atoms with van der Waals surface area (Å²) in [6.45, 7) is 4.33. The van der Waals surface area contributed by atoms with Gasteiger partial charge in [-0.1, -0.05) is 13.8 Å². The van der Waals surface area contributed by atoms with Gasteiger partial charge in [-0.15, -0.1) is 11.3 Å². The van der Waals surface area contributed by atoms with E-state index >= 15 is 0 Å². The average molecular weight is 310 g/mol. The Labute approximate surface area is 119 Å². The summed E-state index contributed by atoms with van der Waals surface area (Å²) in [6.07, 6.45) is -2.22. The fourth-order valence-corrected chi connectivity index (χ4v) is 3.38. The van der Waals surface area contributed by atoms with Crippen LogP contribution in [0.1, 0.15) is 42.3 Å². The fourth-order valence-electron chi connectivity index (χ4n) is 1.57. The quantitative estimate of drug-likeness (QED) is 0.858. The van der Waals surface area contributed by atoms with E-state index in [0.717, 1.165) is 12.8 Å². The van der Waals surface area contributed by atoms with Crippen molar-refractivity contribution in [3.63, 3.8) is 0 Å². The summed E-state index contributed by atoms with van der Waals surface area (Å²) in [4.78, 5) is 4.10. The third-order valence-corrected chi connectivity index (χ3v) is 5.02. The van der Waals surface area contributed by atoms with E-state index in [2.05, 4.69) is 10.3 Å². The molecule has 2 nitrogen and oxygen atoms in total. The summed E-state index contributed by atoms with van der Waals surface area (Å²) in [7, 11) is 0. The van der Waals surface area contributed by atoms with Crippen LogP contribution < -0.4 is 5.32 Å². The van der Waals surface area contributed by atoms with E-state index in [1.807, 2.05) is 13.8 Å². The highest BCUT2D eigenvalue weighted by molar-refractivity contribution is 7.99. The van der Waals surface area contributed by atoms with Gasteiger partial charge in [0.1, 0.15) is 5.01 Å². The number of alkyl halides is 3. The first kappa shape index (κ1) is 15.1. The van der Waals surface area contributed by atoms with Crippen LogP contribution in [0.5, 0.6) is 0 Å². The predicted molar refractivity (Wildman–Crippen MR) is 73.4 cm³/mol. The Morgan fingerprint density at radius 2 is 2.11 bits per heavy atom. The van der Waals surface area contributed by atoms with Crippen LogP contribution in [-0.2, 0) is 18.5 Å². The lowest BCUT2D eigenvalue weighted by Gasteiger charge is -2.06. The number of aromatic nitrogens is 1. The molecule has 2 rings (SSSR count). The van der Waals surface area contributed by atoms with Gasteiger partial charge in [-0.25, -0.2) is 4.98 Å². The number of thioether (sulfide) groups is 1. The summed E-state index contributed by atoms with van der Waals surface area (Å²) < 4.78 is 38.7. The SMILES string of the molecule is CC(C)SCc1nc(C(F)(F)F)c(CNC2CC2)s1. The van der Waals surface area contributed by atoms with Gasteiger partial charge in [0.25, 0.3) is 0 Å². The van der Waals surface area contributed by atoms with E-state index in [9.17, 15) is 13.2 Å². The van der Waals surface area contributed by atoms with Crippen LogP contribution in [-0.4, -0.2) is 16.3 Å². The lowest BCUT2D eigenvalue weighted by molar-refractivity contribution is -0.141. The second-order valence-corrected chi connectivity index (χ2v) is 7.63.